The normalized spacial score (nSPS) is 11.2. The minimum Gasteiger partial charge on any atom is -0.481 e. The predicted octanol–water partition coefficient (Wildman–Crippen LogP) is 2.05. The summed E-state index contributed by atoms with van der Waals surface area (Å²) in [4.78, 5) is 14.9. The first-order chi connectivity index (χ1) is 9.47. The fourth-order valence-electron chi connectivity index (χ4n) is 1.98. The van der Waals surface area contributed by atoms with Gasteiger partial charge < -0.3 is 10.0 Å². The third kappa shape index (κ3) is 7.21. The Morgan fingerprint density at radius 2 is 1.80 bits per heavy atom. The van der Waals surface area contributed by atoms with Crippen LogP contribution in [-0.4, -0.2) is 54.6 Å². The molecular weight excluding hydrogens is 259 g/mol. The molecular formula is C15H23FN2O2. The number of carboxylic acid groups (broad SMARTS) is 1. The van der Waals surface area contributed by atoms with E-state index >= 15 is 0 Å². The molecule has 112 valence electrons. The predicted molar refractivity (Wildman–Crippen MR) is 77.1 cm³/mol. The fraction of sp³-hybridized carbons (Fsp3) is 0.533. The van der Waals surface area contributed by atoms with E-state index in [2.05, 4.69) is 9.80 Å². The third-order valence-corrected chi connectivity index (χ3v) is 3.04. The van der Waals surface area contributed by atoms with Gasteiger partial charge in [-0.3, -0.25) is 9.69 Å². The van der Waals surface area contributed by atoms with Crippen LogP contribution in [0.3, 0.4) is 0 Å². The van der Waals surface area contributed by atoms with Crippen molar-refractivity contribution in [3.05, 3.63) is 35.6 Å². The van der Waals surface area contributed by atoms with Gasteiger partial charge in [-0.15, -0.1) is 0 Å². The van der Waals surface area contributed by atoms with Crippen molar-refractivity contribution in [3.63, 3.8) is 0 Å². The van der Waals surface area contributed by atoms with Crippen molar-refractivity contribution >= 4 is 5.97 Å². The largest absolute Gasteiger partial charge is 0.481 e. The molecule has 4 nitrogen and oxygen atoms in total. The van der Waals surface area contributed by atoms with E-state index in [4.69, 9.17) is 5.11 Å². The molecule has 1 aromatic rings. The van der Waals surface area contributed by atoms with Gasteiger partial charge in [-0.2, -0.15) is 0 Å². The molecule has 0 saturated heterocycles. The fourth-order valence-corrected chi connectivity index (χ4v) is 1.98. The molecule has 1 rings (SSSR count). The van der Waals surface area contributed by atoms with E-state index in [1.807, 2.05) is 14.1 Å². The molecule has 0 aromatic heterocycles. The lowest BCUT2D eigenvalue weighted by Crippen LogP contribution is -2.29. The average molecular weight is 282 g/mol. The second-order valence-electron chi connectivity index (χ2n) is 5.20. The van der Waals surface area contributed by atoms with E-state index in [9.17, 15) is 9.18 Å². The molecule has 0 aliphatic carbocycles. The van der Waals surface area contributed by atoms with E-state index < -0.39 is 5.97 Å². The molecule has 0 unspecified atom stereocenters. The van der Waals surface area contributed by atoms with Gasteiger partial charge >= 0.3 is 5.97 Å². The molecule has 1 N–H and O–H groups in total. The first-order valence-corrected chi connectivity index (χ1v) is 6.80. The first-order valence-electron chi connectivity index (χ1n) is 6.80. The van der Waals surface area contributed by atoms with Crippen LogP contribution in [0.2, 0.25) is 0 Å². The van der Waals surface area contributed by atoms with Crippen molar-refractivity contribution in [2.24, 2.45) is 0 Å². The van der Waals surface area contributed by atoms with Gasteiger partial charge in [0.15, 0.2) is 0 Å². The van der Waals surface area contributed by atoms with Crippen LogP contribution in [0.5, 0.6) is 0 Å². The number of halogens is 1. The summed E-state index contributed by atoms with van der Waals surface area (Å²) in [6.07, 6.45) is 1.11. The Morgan fingerprint density at radius 1 is 1.15 bits per heavy atom. The van der Waals surface area contributed by atoms with Crippen molar-refractivity contribution in [3.8, 4) is 0 Å². The summed E-state index contributed by atoms with van der Waals surface area (Å²) in [5.41, 5.74) is 1.00. The maximum Gasteiger partial charge on any atom is 0.304 e. The van der Waals surface area contributed by atoms with Gasteiger partial charge in [-0.1, -0.05) is 12.1 Å². The van der Waals surface area contributed by atoms with Gasteiger partial charge in [0.1, 0.15) is 5.82 Å². The highest BCUT2D eigenvalue weighted by atomic mass is 19.1. The second-order valence-corrected chi connectivity index (χ2v) is 5.20. The molecule has 0 heterocycles. The number of carboxylic acids is 1. The molecule has 0 bridgehead atoms. The molecule has 0 spiro atoms. The molecule has 0 amide bonds. The van der Waals surface area contributed by atoms with Crippen LogP contribution >= 0.6 is 0 Å². The van der Waals surface area contributed by atoms with Crippen LogP contribution in [0.25, 0.3) is 0 Å². The topological polar surface area (TPSA) is 43.8 Å². The smallest absolute Gasteiger partial charge is 0.304 e. The lowest BCUT2D eigenvalue weighted by Gasteiger charge is -2.22. The molecule has 20 heavy (non-hydrogen) atoms. The highest BCUT2D eigenvalue weighted by Gasteiger charge is 2.08. The van der Waals surface area contributed by atoms with Crippen LogP contribution in [0.4, 0.5) is 4.39 Å². The van der Waals surface area contributed by atoms with Crippen molar-refractivity contribution in [1.82, 2.24) is 9.80 Å². The summed E-state index contributed by atoms with van der Waals surface area (Å²) < 4.78 is 12.9. The molecule has 0 saturated carbocycles. The zero-order valence-corrected chi connectivity index (χ0v) is 12.2. The minimum atomic E-state index is -0.790. The summed E-state index contributed by atoms with van der Waals surface area (Å²) in [6.45, 7) is 2.97. The molecule has 0 fully saturated rings. The maximum absolute atomic E-state index is 12.9. The van der Waals surface area contributed by atoms with E-state index in [-0.39, 0.29) is 12.2 Å². The standard InChI is InChI=1S/C15H23FN2O2/c1-17(2)9-3-10-18(11-8-15(19)20)12-13-4-6-14(16)7-5-13/h4-7H,3,8-12H2,1-2H3,(H,19,20). The molecule has 5 heteroatoms. The minimum absolute atomic E-state index is 0.128. The van der Waals surface area contributed by atoms with Gasteiger partial charge in [-0.25, -0.2) is 4.39 Å². The first kappa shape index (κ1) is 16.6. The lowest BCUT2D eigenvalue weighted by molar-refractivity contribution is -0.137. The maximum atomic E-state index is 12.9. The van der Waals surface area contributed by atoms with Crippen molar-refractivity contribution in [2.45, 2.75) is 19.4 Å². The lowest BCUT2D eigenvalue weighted by atomic mass is 10.2. The van der Waals surface area contributed by atoms with Crippen LogP contribution < -0.4 is 0 Å². The number of nitrogens with zero attached hydrogens (tertiary/aromatic N) is 2. The van der Waals surface area contributed by atoms with Crippen molar-refractivity contribution < 1.29 is 14.3 Å². The van der Waals surface area contributed by atoms with Crippen LogP contribution in [0, 0.1) is 5.82 Å². The summed E-state index contributed by atoms with van der Waals surface area (Å²) in [5.74, 6) is -1.04. The summed E-state index contributed by atoms with van der Waals surface area (Å²) >= 11 is 0. The number of benzene rings is 1. The Morgan fingerprint density at radius 3 is 2.35 bits per heavy atom. The highest BCUT2D eigenvalue weighted by Crippen LogP contribution is 2.08. The van der Waals surface area contributed by atoms with Gasteiger partial charge in [0, 0.05) is 13.1 Å². The van der Waals surface area contributed by atoms with Gasteiger partial charge in [-0.05, 0) is 51.3 Å². The Labute approximate surface area is 119 Å². The SMILES string of the molecule is CN(C)CCCN(CCC(=O)O)Cc1ccc(F)cc1. The number of carbonyl (C=O) groups is 1. The van der Waals surface area contributed by atoms with E-state index in [1.165, 1.54) is 12.1 Å². The van der Waals surface area contributed by atoms with E-state index in [1.54, 1.807) is 12.1 Å². The molecule has 0 atom stereocenters. The number of rotatable bonds is 9. The monoisotopic (exact) mass is 282 g/mol. The van der Waals surface area contributed by atoms with Crippen LogP contribution in [0.15, 0.2) is 24.3 Å². The van der Waals surface area contributed by atoms with Crippen molar-refractivity contribution in [2.75, 3.05) is 33.7 Å². The Balaban J connectivity index is 2.51. The third-order valence-electron chi connectivity index (χ3n) is 3.04. The summed E-state index contributed by atoms with van der Waals surface area (Å²) in [7, 11) is 4.03. The molecule has 0 aliphatic heterocycles. The molecule has 0 aliphatic rings. The Bertz CT molecular complexity index is 407. The van der Waals surface area contributed by atoms with Crippen LogP contribution in [-0.2, 0) is 11.3 Å². The highest BCUT2D eigenvalue weighted by molar-refractivity contribution is 5.66. The number of hydrogen-bond acceptors (Lipinski definition) is 3. The van der Waals surface area contributed by atoms with Gasteiger partial charge in [0.2, 0.25) is 0 Å². The number of aliphatic carboxylic acids is 1. The average Bonchev–Trinajstić information content (AvgIpc) is 2.37. The van der Waals surface area contributed by atoms with E-state index in [0.29, 0.717) is 13.1 Å². The zero-order valence-electron chi connectivity index (χ0n) is 12.2. The quantitative estimate of drug-likeness (QED) is 0.753. The van der Waals surface area contributed by atoms with E-state index in [0.717, 1.165) is 25.1 Å². The summed E-state index contributed by atoms with van der Waals surface area (Å²) in [5, 5.41) is 8.79. The van der Waals surface area contributed by atoms with Gasteiger partial charge in [0.25, 0.3) is 0 Å². The number of hydrogen-bond donors (Lipinski definition) is 1. The van der Waals surface area contributed by atoms with Gasteiger partial charge in [0.05, 0.1) is 6.42 Å². The molecule has 0 radical (unpaired) electrons. The van der Waals surface area contributed by atoms with Crippen LogP contribution in [0.1, 0.15) is 18.4 Å². The Kier molecular flexibility index (Phi) is 7.18. The Hall–Kier alpha value is -1.46. The molecule has 1 aromatic carbocycles. The zero-order chi connectivity index (χ0) is 15.0. The van der Waals surface area contributed by atoms with Crippen molar-refractivity contribution in [1.29, 1.82) is 0 Å². The summed E-state index contributed by atoms with van der Waals surface area (Å²) in [6, 6.07) is 6.36. The second kappa shape index (κ2) is 8.66.